The highest BCUT2D eigenvalue weighted by Gasteiger charge is 2.29. The number of carbonyl (C=O) groups is 2. The van der Waals surface area contributed by atoms with Crippen LogP contribution in [-0.4, -0.2) is 51.1 Å². The average Bonchev–Trinajstić information content (AvgIpc) is 3.61. The number of nitrogens with zero attached hydrogens (tertiary/aromatic N) is 2. The van der Waals surface area contributed by atoms with E-state index in [0.717, 1.165) is 24.2 Å². The normalized spacial score (nSPS) is 15.8. The summed E-state index contributed by atoms with van der Waals surface area (Å²) in [6.45, 7) is 2.48. The van der Waals surface area contributed by atoms with E-state index in [1.807, 2.05) is 12.1 Å². The minimum atomic E-state index is -4.15. The molecular formula is C29H30FN3O5S. The fraction of sp³-hybridized carbons (Fsp3) is 0.310. The lowest BCUT2D eigenvalue weighted by molar-refractivity contribution is -0.139. The smallest absolute Gasteiger partial charge is 0.321 e. The van der Waals surface area contributed by atoms with Crippen molar-refractivity contribution in [3.05, 3.63) is 78.1 Å². The van der Waals surface area contributed by atoms with Crippen molar-refractivity contribution in [2.24, 2.45) is 0 Å². The van der Waals surface area contributed by atoms with Crippen LogP contribution in [0.15, 0.2) is 71.6 Å². The minimum Gasteiger partial charge on any atom is -0.480 e. The molecule has 2 heterocycles. The second kappa shape index (κ2) is 11.2. The topological polar surface area (TPSA) is 107 Å². The fourth-order valence-corrected chi connectivity index (χ4v) is 6.41. The highest BCUT2D eigenvalue weighted by Crippen LogP contribution is 2.30. The number of nitrogens with one attached hydrogen (secondary N) is 1. The van der Waals surface area contributed by atoms with Crippen LogP contribution in [0.1, 0.15) is 31.2 Å². The van der Waals surface area contributed by atoms with Gasteiger partial charge >= 0.3 is 5.97 Å². The van der Waals surface area contributed by atoms with Gasteiger partial charge in [-0.3, -0.25) is 9.59 Å². The molecule has 39 heavy (non-hydrogen) atoms. The van der Waals surface area contributed by atoms with Gasteiger partial charge in [0.1, 0.15) is 11.9 Å². The number of benzene rings is 3. The van der Waals surface area contributed by atoms with E-state index in [1.165, 1.54) is 53.8 Å². The Hall–Kier alpha value is -3.76. The largest absolute Gasteiger partial charge is 0.480 e. The number of rotatable bonds is 9. The molecule has 204 valence electrons. The van der Waals surface area contributed by atoms with Crippen molar-refractivity contribution < 1.29 is 27.5 Å². The second-order valence-corrected chi connectivity index (χ2v) is 11.6. The van der Waals surface area contributed by atoms with Crippen molar-refractivity contribution in [2.45, 2.75) is 43.0 Å². The molecule has 0 spiro atoms. The number of carbonyl (C=O) groups excluding carboxylic acids is 1. The Morgan fingerprint density at radius 2 is 1.56 bits per heavy atom. The molecule has 5 rings (SSSR count). The van der Waals surface area contributed by atoms with E-state index in [4.69, 9.17) is 0 Å². The molecule has 0 radical (unpaired) electrons. The zero-order valence-electron chi connectivity index (χ0n) is 21.3. The van der Waals surface area contributed by atoms with Gasteiger partial charge in [-0.2, -0.15) is 4.72 Å². The summed E-state index contributed by atoms with van der Waals surface area (Å²) in [5, 5.41) is 9.65. The molecule has 2 aliphatic rings. The van der Waals surface area contributed by atoms with E-state index in [9.17, 15) is 27.5 Å². The first-order valence-corrected chi connectivity index (χ1v) is 14.5. The zero-order chi connectivity index (χ0) is 27.6. The summed E-state index contributed by atoms with van der Waals surface area (Å²) < 4.78 is 41.6. The predicted molar refractivity (Wildman–Crippen MR) is 147 cm³/mol. The summed E-state index contributed by atoms with van der Waals surface area (Å²) in [6, 6.07) is 17.1. The first kappa shape index (κ1) is 26.8. The molecule has 1 fully saturated rings. The molecular weight excluding hydrogens is 521 g/mol. The summed E-state index contributed by atoms with van der Waals surface area (Å²) >= 11 is 0. The van der Waals surface area contributed by atoms with Crippen molar-refractivity contribution in [3.63, 3.8) is 0 Å². The molecule has 1 amide bonds. The maximum Gasteiger partial charge on any atom is 0.321 e. The maximum absolute atomic E-state index is 13.5. The number of hydrogen-bond donors (Lipinski definition) is 2. The van der Waals surface area contributed by atoms with E-state index in [2.05, 4.69) is 21.8 Å². The summed E-state index contributed by atoms with van der Waals surface area (Å²) in [4.78, 5) is 28.4. The Morgan fingerprint density at radius 1 is 0.923 bits per heavy atom. The number of halogens is 1. The average molecular weight is 552 g/mol. The van der Waals surface area contributed by atoms with E-state index in [-0.39, 0.29) is 29.5 Å². The van der Waals surface area contributed by atoms with E-state index < -0.39 is 22.0 Å². The number of hydrogen-bond acceptors (Lipinski definition) is 5. The van der Waals surface area contributed by atoms with Crippen LogP contribution in [0.25, 0.3) is 11.1 Å². The summed E-state index contributed by atoms with van der Waals surface area (Å²) in [5.41, 5.74) is 4.27. The SMILES string of the molecule is O=C(O)[C@H](CCC(=O)N1CCc2cc(F)ccc21)NS(=O)(=O)c1ccc(-c2ccc(N3CCCC3)cc2)cc1. The lowest BCUT2D eigenvalue weighted by Crippen LogP contribution is -2.41. The van der Waals surface area contributed by atoms with E-state index in [0.29, 0.717) is 24.2 Å². The molecule has 8 nitrogen and oxygen atoms in total. The Morgan fingerprint density at radius 3 is 2.21 bits per heavy atom. The van der Waals surface area contributed by atoms with Gasteiger partial charge in [-0.1, -0.05) is 24.3 Å². The van der Waals surface area contributed by atoms with Crippen LogP contribution in [0.5, 0.6) is 0 Å². The van der Waals surface area contributed by atoms with Gasteiger partial charge in [0.2, 0.25) is 15.9 Å². The molecule has 3 aromatic carbocycles. The second-order valence-electron chi connectivity index (χ2n) is 9.88. The van der Waals surface area contributed by atoms with Crippen molar-refractivity contribution in [3.8, 4) is 11.1 Å². The van der Waals surface area contributed by atoms with Crippen LogP contribution in [0.3, 0.4) is 0 Å². The Kier molecular flexibility index (Phi) is 7.67. The molecule has 2 aliphatic heterocycles. The van der Waals surface area contributed by atoms with Gasteiger partial charge in [0.25, 0.3) is 0 Å². The van der Waals surface area contributed by atoms with Crippen molar-refractivity contribution in [2.75, 3.05) is 29.4 Å². The third kappa shape index (κ3) is 5.97. The molecule has 3 aromatic rings. The molecule has 0 bridgehead atoms. The van der Waals surface area contributed by atoms with Gasteiger partial charge in [-0.05, 0) is 84.8 Å². The summed E-state index contributed by atoms with van der Waals surface area (Å²) in [7, 11) is -4.15. The molecule has 0 saturated carbocycles. The number of carboxylic acids is 1. The molecule has 1 atom stereocenters. The van der Waals surface area contributed by atoms with Gasteiger partial charge in [0, 0.05) is 37.4 Å². The van der Waals surface area contributed by atoms with Crippen molar-refractivity contribution >= 4 is 33.3 Å². The monoisotopic (exact) mass is 551 g/mol. The lowest BCUT2D eigenvalue weighted by atomic mass is 10.1. The molecule has 0 unspecified atom stereocenters. The Balaban J connectivity index is 1.22. The first-order valence-electron chi connectivity index (χ1n) is 13.0. The quantitative estimate of drug-likeness (QED) is 0.413. The Labute approximate surface area is 227 Å². The third-order valence-corrected chi connectivity index (χ3v) is 8.80. The number of amides is 1. The minimum absolute atomic E-state index is 0.0620. The highest BCUT2D eigenvalue weighted by molar-refractivity contribution is 7.89. The van der Waals surface area contributed by atoms with Crippen LogP contribution in [-0.2, 0) is 26.0 Å². The number of carboxylic acid groups (broad SMARTS) is 1. The van der Waals surface area contributed by atoms with Crippen LogP contribution in [0.4, 0.5) is 15.8 Å². The maximum atomic E-state index is 13.5. The summed E-state index contributed by atoms with van der Waals surface area (Å²) in [5.74, 6) is -2.09. The molecule has 2 N–H and O–H groups in total. The molecule has 10 heteroatoms. The van der Waals surface area contributed by atoms with Crippen LogP contribution < -0.4 is 14.5 Å². The number of anilines is 2. The van der Waals surface area contributed by atoms with Crippen molar-refractivity contribution in [1.82, 2.24) is 4.72 Å². The van der Waals surface area contributed by atoms with Crippen LogP contribution in [0.2, 0.25) is 0 Å². The molecule has 0 aromatic heterocycles. The van der Waals surface area contributed by atoms with Gasteiger partial charge < -0.3 is 14.9 Å². The van der Waals surface area contributed by atoms with Gasteiger partial charge in [0.15, 0.2) is 0 Å². The highest BCUT2D eigenvalue weighted by atomic mass is 32.2. The van der Waals surface area contributed by atoms with Crippen LogP contribution in [0, 0.1) is 5.82 Å². The fourth-order valence-electron chi connectivity index (χ4n) is 5.19. The first-order chi connectivity index (χ1) is 18.7. The van der Waals surface area contributed by atoms with Crippen molar-refractivity contribution in [1.29, 1.82) is 0 Å². The third-order valence-electron chi connectivity index (χ3n) is 7.32. The lowest BCUT2D eigenvalue weighted by Gasteiger charge is -2.19. The zero-order valence-corrected chi connectivity index (χ0v) is 22.2. The van der Waals surface area contributed by atoms with E-state index in [1.54, 1.807) is 12.1 Å². The molecule has 0 aliphatic carbocycles. The van der Waals surface area contributed by atoms with Gasteiger partial charge in [0.05, 0.1) is 4.90 Å². The van der Waals surface area contributed by atoms with E-state index >= 15 is 0 Å². The van der Waals surface area contributed by atoms with Gasteiger partial charge in [-0.15, -0.1) is 0 Å². The van der Waals surface area contributed by atoms with Gasteiger partial charge in [-0.25, -0.2) is 12.8 Å². The molecule has 1 saturated heterocycles. The predicted octanol–water partition coefficient (Wildman–Crippen LogP) is 4.19. The number of aliphatic carboxylic acids is 1. The number of fused-ring (bicyclic) bond motifs is 1. The number of sulfonamides is 1. The van der Waals surface area contributed by atoms with Crippen LogP contribution >= 0.6 is 0 Å². The summed E-state index contributed by atoms with van der Waals surface area (Å²) in [6.07, 6.45) is 2.50. The standard InChI is InChI=1S/C29H30FN3O5S/c30-23-7-13-27-22(19-23)15-18-33(27)28(34)14-12-26(29(35)36)31-39(37,38)25-10-5-21(6-11-25)20-3-8-24(9-4-20)32-16-1-2-17-32/h3-11,13,19,26,31H,1-2,12,14-18H2,(H,35,36)/t26-/m0/s1. The Bertz CT molecular complexity index is 1470.